The number of carboxylic acid groups (broad SMARTS) is 1. The minimum Gasteiger partial charge on any atom is -0.481 e. The van der Waals surface area contributed by atoms with Gasteiger partial charge >= 0.3 is 5.97 Å². The summed E-state index contributed by atoms with van der Waals surface area (Å²) < 4.78 is 5.21. The van der Waals surface area contributed by atoms with E-state index in [0.717, 1.165) is 0 Å². The van der Waals surface area contributed by atoms with Crippen LogP contribution in [-0.4, -0.2) is 22.0 Å². The van der Waals surface area contributed by atoms with Crippen molar-refractivity contribution in [2.75, 3.05) is 5.32 Å². The summed E-state index contributed by atoms with van der Waals surface area (Å²) >= 11 is 0. The lowest BCUT2D eigenvalue weighted by molar-refractivity contribution is -0.136. The molecule has 7 nitrogen and oxygen atoms in total. The number of nitrogens with one attached hydrogen (secondary N) is 1. The summed E-state index contributed by atoms with van der Waals surface area (Å²) in [7, 11) is 0. The number of nitrogens with zero attached hydrogens (tertiary/aromatic N) is 1. The molecule has 0 atom stereocenters. The fourth-order valence-electron chi connectivity index (χ4n) is 1.56. The minimum atomic E-state index is -0.959. The van der Waals surface area contributed by atoms with Gasteiger partial charge in [0.05, 0.1) is 30.5 Å². The first-order chi connectivity index (χ1) is 9.58. The lowest BCUT2D eigenvalue weighted by Crippen LogP contribution is -2.11. The van der Waals surface area contributed by atoms with E-state index in [2.05, 4.69) is 10.3 Å². The zero-order valence-electron chi connectivity index (χ0n) is 10.5. The van der Waals surface area contributed by atoms with Gasteiger partial charge in [0.1, 0.15) is 5.76 Å². The maximum atomic E-state index is 11.8. The van der Waals surface area contributed by atoms with Crippen LogP contribution in [0.5, 0.6) is 0 Å². The van der Waals surface area contributed by atoms with E-state index in [9.17, 15) is 9.59 Å². The van der Waals surface area contributed by atoms with Crippen LogP contribution < -0.4 is 11.1 Å². The SMILES string of the molecule is NCc1ccc(C(=O)Nc2ccc(CC(=O)O)nc2)o1. The number of hydrogen-bond acceptors (Lipinski definition) is 5. The summed E-state index contributed by atoms with van der Waals surface area (Å²) in [6, 6.07) is 6.28. The summed E-state index contributed by atoms with van der Waals surface area (Å²) in [5, 5.41) is 11.2. The predicted molar refractivity (Wildman–Crippen MR) is 70.1 cm³/mol. The van der Waals surface area contributed by atoms with Crippen molar-refractivity contribution in [3.63, 3.8) is 0 Å². The van der Waals surface area contributed by atoms with Gasteiger partial charge in [-0.05, 0) is 24.3 Å². The Kier molecular flexibility index (Phi) is 4.11. The molecule has 0 aromatic carbocycles. The monoisotopic (exact) mass is 275 g/mol. The van der Waals surface area contributed by atoms with Crippen molar-refractivity contribution in [2.45, 2.75) is 13.0 Å². The highest BCUT2D eigenvalue weighted by Gasteiger charge is 2.11. The number of nitrogens with two attached hydrogens (primary N) is 1. The van der Waals surface area contributed by atoms with Gasteiger partial charge in [0, 0.05) is 0 Å². The molecule has 2 heterocycles. The van der Waals surface area contributed by atoms with E-state index in [4.69, 9.17) is 15.3 Å². The zero-order chi connectivity index (χ0) is 14.5. The molecule has 0 saturated heterocycles. The quantitative estimate of drug-likeness (QED) is 0.749. The van der Waals surface area contributed by atoms with Gasteiger partial charge in [-0.15, -0.1) is 0 Å². The molecule has 0 bridgehead atoms. The number of carbonyl (C=O) groups excluding carboxylic acids is 1. The molecule has 20 heavy (non-hydrogen) atoms. The zero-order valence-corrected chi connectivity index (χ0v) is 10.5. The smallest absolute Gasteiger partial charge is 0.309 e. The number of hydrogen-bond donors (Lipinski definition) is 3. The molecule has 0 aliphatic rings. The van der Waals surface area contributed by atoms with Gasteiger partial charge in [-0.1, -0.05) is 0 Å². The van der Waals surface area contributed by atoms with Crippen molar-refractivity contribution in [1.82, 2.24) is 4.98 Å². The molecule has 0 radical (unpaired) electrons. The Hall–Kier alpha value is -2.67. The van der Waals surface area contributed by atoms with Gasteiger partial charge in [0.2, 0.25) is 0 Å². The Bertz CT molecular complexity index is 619. The normalized spacial score (nSPS) is 10.2. The van der Waals surface area contributed by atoms with Gasteiger partial charge in [0.25, 0.3) is 5.91 Å². The molecule has 1 amide bonds. The van der Waals surface area contributed by atoms with E-state index in [-0.39, 0.29) is 18.7 Å². The van der Waals surface area contributed by atoms with Gasteiger partial charge in [0.15, 0.2) is 5.76 Å². The fourth-order valence-corrected chi connectivity index (χ4v) is 1.56. The third kappa shape index (κ3) is 3.42. The summed E-state index contributed by atoms with van der Waals surface area (Å²) in [4.78, 5) is 26.3. The average Bonchev–Trinajstić information content (AvgIpc) is 2.89. The van der Waals surface area contributed by atoms with E-state index in [1.54, 1.807) is 12.1 Å². The number of pyridine rings is 1. The third-order valence-corrected chi connectivity index (χ3v) is 2.50. The van der Waals surface area contributed by atoms with E-state index < -0.39 is 11.9 Å². The van der Waals surface area contributed by atoms with Crippen LogP contribution in [0.1, 0.15) is 22.0 Å². The van der Waals surface area contributed by atoms with Gasteiger partial charge < -0.3 is 20.6 Å². The van der Waals surface area contributed by atoms with Crippen LogP contribution in [0.25, 0.3) is 0 Å². The molecule has 2 rings (SSSR count). The molecule has 2 aromatic rings. The third-order valence-electron chi connectivity index (χ3n) is 2.50. The number of rotatable bonds is 5. The highest BCUT2D eigenvalue weighted by Crippen LogP contribution is 2.12. The molecule has 2 aromatic heterocycles. The first-order valence-corrected chi connectivity index (χ1v) is 5.85. The Morgan fingerprint density at radius 1 is 1.30 bits per heavy atom. The fraction of sp³-hybridized carbons (Fsp3) is 0.154. The van der Waals surface area contributed by atoms with E-state index >= 15 is 0 Å². The summed E-state index contributed by atoms with van der Waals surface area (Å²) in [6.45, 7) is 0.221. The van der Waals surface area contributed by atoms with Crippen molar-refractivity contribution < 1.29 is 19.1 Å². The van der Waals surface area contributed by atoms with E-state index in [0.29, 0.717) is 17.1 Å². The summed E-state index contributed by atoms with van der Waals surface area (Å²) in [5.74, 6) is -0.707. The molecular formula is C13H13N3O4. The molecule has 0 aliphatic carbocycles. The Morgan fingerprint density at radius 2 is 2.10 bits per heavy atom. The molecule has 104 valence electrons. The maximum absolute atomic E-state index is 11.8. The highest BCUT2D eigenvalue weighted by molar-refractivity contribution is 6.02. The number of aromatic nitrogens is 1. The molecule has 7 heteroatoms. The molecule has 0 fully saturated rings. The lowest BCUT2D eigenvalue weighted by atomic mass is 10.2. The standard InChI is InChI=1S/C13H13N3O4/c14-6-10-3-4-11(20-10)13(19)16-9-2-1-8(15-7-9)5-12(17)18/h1-4,7H,5-6,14H2,(H,16,19)(H,17,18). The molecule has 0 spiro atoms. The minimum absolute atomic E-state index is 0.153. The van der Waals surface area contributed by atoms with Crippen molar-refractivity contribution >= 4 is 17.6 Å². The van der Waals surface area contributed by atoms with Crippen LogP contribution in [0.4, 0.5) is 5.69 Å². The van der Waals surface area contributed by atoms with Crippen molar-refractivity contribution in [3.05, 3.63) is 47.7 Å². The number of aliphatic carboxylic acids is 1. The number of anilines is 1. The second kappa shape index (κ2) is 5.98. The molecular weight excluding hydrogens is 262 g/mol. The van der Waals surface area contributed by atoms with Gasteiger partial charge in [-0.25, -0.2) is 0 Å². The summed E-state index contributed by atoms with van der Waals surface area (Å²) in [6.07, 6.45) is 1.23. The molecule has 0 saturated carbocycles. The maximum Gasteiger partial charge on any atom is 0.309 e. The van der Waals surface area contributed by atoms with Gasteiger partial charge in [-0.2, -0.15) is 0 Å². The first kappa shape index (κ1) is 13.8. The first-order valence-electron chi connectivity index (χ1n) is 5.85. The van der Waals surface area contributed by atoms with Crippen LogP contribution in [-0.2, 0) is 17.8 Å². The van der Waals surface area contributed by atoms with Crippen LogP contribution in [0.3, 0.4) is 0 Å². The van der Waals surface area contributed by atoms with Crippen molar-refractivity contribution in [3.8, 4) is 0 Å². The Morgan fingerprint density at radius 3 is 2.65 bits per heavy atom. The van der Waals surface area contributed by atoms with Gasteiger partial charge in [-0.3, -0.25) is 14.6 Å². The second-order valence-corrected chi connectivity index (χ2v) is 4.03. The largest absolute Gasteiger partial charge is 0.481 e. The number of amides is 1. The highest BCUT2D eigenvalue weighted by atomic mass is 16.4. The van der Waals surface area contributed by atoms with Crippen LogP contribution in [0, 0.1) is 0 Å². The molecule has 0 unspecified atom stereocenters. The van der Waals surface area contributed by atoms with Crippen LogP contribution >= 0.6 is 0 Å². The average molecular weight is 275 g/mol. The van der Waals surface area contributed by atoms with E-state index in [1.807, 2.05) is 0 Å². The van der Waals surface area contributed by atoms with Crippen LogP contribution in [0.15, 0.2) is 34.9 Å². The summed E-state index contributed by atoms with van der Waals surface area (Å²) in [5.41, 5.74) is 6.26. The van der Waals surface area contributed by atoms with Crippen molar-refractivity contribution in [2.24, 2.45) is 5.73 Å². The molecule has 0 aliphatic heterocycles. The number of carboxylic acids is 1. The Balaban J connectivity index is 2.02. The number of furan rings is 1. The molecule has 4 N–H and O–H groups in total. The lowest BCUT2D eigenvalue weighted by Gasteiger charge is -2.03. The number of carbonyl (C=O) groups is 2. The Labute approximate surface area is 114 Å². The van der Waals surface area contributed by atoms with Crippen molar-refractivity contribution in [1.29, 1.82) is 0 Å². The van der Waals surface area contributed by atoms with E-state index in [1.165, 1.54) is 18.3 Å². The van der Waals surface area contributed by atoms with Crippen LogP contribution in [0.2, 0.25) is 0 Å². The predicted octanol–water partition coefficient (Wildman–Crippen LogP) is 1.01. The second-order valence-electron chi connectivity index (χ2n) is 4.03. The topological polar surface area (TPSA) is 118 Å².